The maximum atomic E-state index is 12.0. The van der Waals surface area contributed by atoms with Crippen molar-refractivity contribution in [2.45, 2.75) is 32.1 Å². The Kier molecular flexibility index (Phi) is 9.55. The van der Waals surface area contributed by atoms with Crippen molar-refractivity contribution in [2.75, 3.05) is 26.5 Å². The van der Waals surface area contributed by atoms with E-state index in [4.69, 9.17) is 15.2 Å². The summed E-state index contributed by atoms with van der Waals surface area (Å²) in [4.78, 5) is 4.20. The average Bonchev–Trinajstić information content (AvgIpc) is 2.51. The van der Waals surface area contributed by atoms with Crippen LogP contribution in [0.1, 0.15) is 26.3 Å². The Morgan fingerprint density at radius 3 is 2.32 bits per heavy atom. The van der Waals surface area contributed by atoms with Crippen LogP contribution in [0.5, 0.6) is 11.5 Å². The molecule has 0 unspecified atom stereocenters. The van der Waals surface area contributed by atoms with Crippen molar-refractivity contribution in [3.05, 3.63) is 23.8 Å². The molecule has 0 heterocycles. The summed E-state index contributed by atoms with van der Waals surface area (Å²) in [5.74, 6) is 1.47. The Hall–Kier alpha value is -1.23. The van der Waals surface area contributed by atoms with E-state index in [9.17, 15) is 8.42 Å². The maximum absolute atomic E-state index is 12.0. The number of rotatable bonds is 7. The van der Waals surface area contributed by atoms with Crippen LogP contribution in [0.3, 0.4) is 0 Å². The highest BCUT2D eigenvalue weighted by atomic mass is 127. The summed E-state index contributed by atoms with van der Waals surface area (Å²) in [6.07, 6.45) is 0. The number of halogens is 1. The first-order valence-corrected chi connectivity index (χ1v) is 9.23. The van der Waals surface area contributed by atoms with E-state index in [1.807, 2.05) is 12.1 Å². The highest BCUT2D eigenvalue weighted by Gasteiger charge is 2.28. The SMILES string of the molecule is COc1ccc(CN=C(N)NCCS(=O)(=O)C(C)(C)C)cc1OC.I. The lowest BCUT2D eigenvalue weighted by Crippen LogP contribution is -2.39. The molecule has 25 heavy (non-hydrogen) atoms. The van der Waals surface area contributed by atoms with E-state index < -0.39 is 14.6 Å². The van der Waals surface area contributed by atoms with Crippen molar-refractivity contribution in [1.82, 2.24) is 5.32 Å². The minimum absolute atomic E-state index is 0. The van der Waals surface area contributed by atoms with Crippen molar-refractivity contribution < 1.29 is 17.9 Å². The summed E-state index contributed by atoms with van der Waals surface area (Å²) in [6, 6.07) is 5.48. The van der Waals surface area contributed by atoms with E-state index >= 15 is 0 Å². The van der Waals surface area contributed by atoms with Gasteiger partial charge in [0, 0.05) is 6.54 Å². The fourth-order valence-electron chi connectivity index (χ4n) is 1.83. The van der Waals surface area contributed by atoms with Crippen LogP contribution in [0.25, 0.3) is 0 Å². The second kappa shape index (κ2) is 10.0. The third-order valence-electron chi connectivity index (χ3n) is 3.49. The minimum Gasteiger partial charge on any atom is -0.493 e. The summed E-state index contributed by atoms with van der Waals surface area (Å²) in [5.41, 5.74) is 6.68. The zero-order chi connectivity index (χ0) is 18.4. The number of methoxy groups -OCH3 is 2. The van der Waals surface area contributed by atoms with Gasteiger partial charge in [-0.25, -0.2) is 13.4 Å². The van der Waals surface area contributed by atoms with E-state index in [1.54, 1.807) is 41.1 Å². The van der Waals surface area contributed by atoms with Gasteiger partial charge in [0.15, 0.2) is 27.3 Å². The maximum Gasteiger partial charge on any atom is 0.188 e. The molecule has 1 aromatic carbocycles. The fraction of sp³-hybridized carbons (Fsp3) is 0.562. The molecule has 3 N–H and O–H groups in total. The standard InChI is InChI=1S/C16H27N3O4S.HI/c1-16(2,3)24(20,21)9-8-18-15(17)19-11-12-6-7-13(22-4)14(10-12)23-5;/h6-7,10H,8-9,11H2,1-5H3,(H3,17,18,19);1H. The molecule has 0 saturated heterocycles. The second-order valence-corrected chi connectivity index (χ2v) is 9.11. The molecule has 0 saturated carbocycles. The smallest absolute Gasteiger partial charge is 0.188 e. The number of nitrogens with zero attached hydrogens (tertiary/aromatic N) is 1. The van der Waals surface area contributed by atoms with Gasteiger partial charge >= 0.3 is 0 Å². The predicted octanol–water partition coefficient (Wildman–Crippen LogP) is 1.94. The van der Waals surface area contributed by atoms with Crippen molar-refractivity contribution in [3.63, 3.8) is 0 Å². The van der Waals surface area contributed by atoms with Crippen LogP contribution in [-0.2, 0) is 16.4 Å². The first-order valence-electron chi connectivity index (χ1n) is 7.57. The average molecular weight is 485 g/mol. The summed E-state index contributed by atoms with van der Waals surface area (Å²) in [7, 11) is -0.0421. The number of hydrogen-bond acceptors (Lipinski definition) is 5. The van der Waals surface area contributed by atoms with Crippen molar-refractivity contribution >= 4 is 39.8 Å². The zero-order valence-electron chi connectivity index (χ0n) is 15.3. The van der Waals surface area contributed by atoms with Gasteiger partial charge in [-0.1, -0.05) is 6.07 Å². The van der Waals surface area contributed by atoms with Gasteiger partial charge in [-0.15, -0.1) is 24.0 Å². The molecule has 0 bridgehead atoms. The first kappa shape index (κ1) is 23.8. The number of sulfone groups is 1. The minimum atomic E-state index is -3.18. The molecular weight excluding hydrogens is 457 g/mol. The number of hydrogen-bond donors (Lipinski definition) is 2. The molecule has 0 amide bonds. The molecule has 0 aromatic heterocycles. The normalized spacial score (nSPS) is 12.3. The van der Waals surface area contributed by atoms with Gasteiger partial charge in [-0.05, 0) is 38.5 Å². The van der Waals surface area contributed by atoms with Crippen LogP contribution in [0.15, 0.2) is 23.2 Å². The van der Waals surface area contributed by atoms with Gasteiger partial charge in [0.2, 0.25) is 0 Å². The highest BCUT2D eigenvalue weighted by Crippen LogP contribution is 2.27. The number of aliphatic imine (C=N–C) groups is 1. The third kappa shape index (κ3) is 7.27. The van der Waals surface area contributed by atoms with Crippen LogP contribution >= 0.6 is 24.0 Å². The summed E-state index contributed by atoms with van der Waals surface area (Å²) in [5, 5.41) is 2.82. The predicted molar refractivity (Wildman–Crippen MR) is 112 cm³/mol. The summed E-state index contributed by atoms with van der Waals surface area (Å²) < 4.78 is 33.6. The van der Waals surface area contributed by atoms with E-state index in [0.29, 0.717) is 18.0 Å². The molecule has 0 radical (unpaired) electrons. The topological polar surface area (TPSA) is 103 Å². The van der Waals surface area contributed by atoms with E-state index in [1.165, 1.54) is 0 Å². The van der Waals surface area contributed by atoms with Gasteiger partial charge in [-0.3, -0.25) is 0 Å². The molecule has 0 aliphatic carbocycles. The van der Waals surface area contributed by atoms with Crippen LogP contribution in [0.2, 0.25) is 0 Å². The molecule has 0 spiro atoms. The molecule has 0 atom stereocenters. The molecular formula is C16H28IN3O4S. The first-order chi connectivity index (χ1) is 11.1. The lowest BCUT2D eigenvalue weighted by Gasteiger charge is -2.19. The summed E-state index contributed by atoms with van der Waals surface area (Å²) >= 11 is 0. The van der Waals surface area contributed by atoms with Gasteiger partial charge in [-0.2, -0.15) is 0 Å². The van der Waals surface area contributed by atoms with Gasteiger partial charge < -0.3 is 20.5 Å². The van der Waals surface area contributed by atoms with Crippen LogP contribution in [-0.4, -0.2) is 45.6 Å². The Labute approximate surface area is 167 Å². The Morgan fingerprint density at radius 2 is 1.80 bits per heavy atom. The number of nitrogens with one attached hydrogen (secondary N) is 1. The number of guanidine groups is 1. The highest BCUT2D eigenvalue weighted by molar-refractivity contribution is 14.0. The number of ether oxygens (including phenoxy) is 2. The van der Waals surface area contributed by atoms with Crippen molar-refractivity contribution in [3.8, 4) is 11.5 Å². The summed E-state index contributed by atoms with van der Waals surface area (Å²) in [6.45, 7) is 5.61. The quantitative estimate of drug-likeness (QED) is 0.348. The molecule has 1 aromatic rings. The van der Waals surface area contributed by atoms with Crippen LogP contribution < -0.4 is 20.5 Å². The Balaban J connectivity index is 0.00000576. The van der Waals surface area contributed by atoms with E-state index in [2.05, 4.69) is 10.3 Å². The Morgan fingerprint density at radius 1 is 1.20 bits per heavy atom. The van der Waals surface area contributed by atoms with Crippen LogP contribution in [0.4, 0.5) is 0 Å². The molecule has 9 heteroatoms. The number of benzene rings is 1. The molecule has 0 aliphatic rings. The molecule has 144 valence electrons. The molecule has 0 aliphatic heterocycles. The van der Waals surface area contributed by atoms with Crippen LogP contribution in [0, 0.1) is 0 Å². The largest absolute Gasteiger partial charge is 0.493 e. The monoisotopic (exact) mass is 485 g/mol. The number of nitrogens with two attached hydrogens (primary N) is 1. The van der Waals surface area contributed by atoms with Gasteiger partial charge in [0.25, 0.3) is 0 Å². The Bertz CT molecular complexity index is 685. The lowest BCUT2D eigenvalue weighted by molar-refractivity contribution is 0.354. The molecule has 0 fully saturated rings. The fourth-order valence-corrected chi connectivity index (χ4v) is 2.81. The van der Waals surface area contributed by atoms with E-state index in [0.717, 1.165) is 5.56 Å². The zero-order valence-corrected chi connectivity index (χ0v) is 18.5. The van der Waals surface area contributed by atoms with E-state index in [-0.39, 0.29) is 42.2 Å². The molecule has 1 rings (SSSR count). The molecule has 7 nitrogen and oxygen atoms in total. The second-order valence-electron chi connectivity index (χ2n) is 6.25. The van der Waals surface area contributed by atoms with Gasteiger partial charge in [0.05, 0.1) is 31.3 Å². The lowest BCUT2D eigenvalue weighted by atomic mass is 10.2. The van der Waals surface area contributed by atoms with Crippen molar-refractivity contribution in [2.24, 2.45) is 10.7 Å². The van der Waals surface area contributed by atoms with Gasteiger partial charge in [0.1, 0.15) is 0 Å². The third-order valence-corrected chi connectivity index (χ3v) is 6.10. The van der Waals surface area contributed by atoms with Crippen molar-refractivity contribution in [1.29, 1.82) is 0 Å².